The van der Waals surface area contributed by atoms with Crippen molar-refractivity contribution in [3.63, 3.8) is 0 Å². The van der Waals surface area contributed by atoms with Crippen LogP contribution < -0.4 is 0 Å². The van der Waals surface area contributed by atoms with E-state index in [4.69, 9.17) is 0 Å². The Kier molecular flexibility index (Phi) is 17.2. The van der Waals surface area contributed by atoms with Gasteiger partial charge in [-0.05, 0) is 26.2 Å². The van der Waals surface area contributed by atoms with Crippen LogP contribution >= 0.6 is 0 Å². The zero-order valence-electron chi connectivity index (χ0n) is 15.4. The summed E-state index contributed by atoms with van der Waals surface area (Å²) in [5, 5.41) is 18.9. The van der Waals surface area contributed by atoms with Gasteiger partial charge in [0.25, 0.3) is 0 Å². The van der Waals surface area contributed by atoms with Crippen LogP contribution in [0.25, 0.3) is 0 Å². The van der Waals surface area contributed by atoms with E-state index in [9.17, 15) is 10.2 Å². The Bertz CT molecular complexity index is 204. The van der Waals surface area contributed by atoms with E-state index in [1.54, 1.807) is 6.92 Å². The SMILES string of the molecule is CCCCCCCCCCCCCCCC(O)CCC(C)O. The molecule has 0 radical (unpaired) electrons. The van der Waals surface area contributed by atoms with Crippen molar-refractivity contribution in [2.75, 3.05) is 0 Å². The van der Waals surface area contributed by atoms with Crippen LogP contribution in [0.5, 0.6) is 0 Å². The largest absolute Gasteiger partial charge is 0.393 e. The molecule has 0 aliphatic heterocycles. The quantitative estimate of drug-likeness (QED) is 0.324. The number of unbranched alkanes of at least 4 members (excludes halogenated alkanes) is 12. The van der Waals surface area contributed by atoms with Gasteiger partial charge in [0.2, 0.25) is 0 Å². The predicted molar refractivity (Wildman–Crippen MR) is 97.2 cm³/mol. The minimum atomic E-state index is -0.277. The summed E-state index contributed by atoms with van der Waals surface area (Å²) in [5.41, 5.74) is 0. The van der Waals surface area contributed by atoms with Gasteiger partial charge in [-0.15, -0.1) is 0 Å². The molecule has 22 heavy (non-hydrogen) atoms. The summed E-state index contributed by atoms with van der Waals surface area (Å²) in [7, 11) is 0. The van der Waals surface area contributed by atoms with Crippen LogP contribution in [0.2, 0.25) is 0 Å². The topological polar surface area (TPSA) is 40.5 Å². The van der Waals surface area contributed by atoms with Gasteiger partial charge in [-0.2, -0.15) is 0 Å². The minimum Gasteiger partial charge on any atom is -0.393 e. The van der Waals surface area contributed by atoms with Crippen molar-refractivity contribution in [3.8, 4) is 0 Å². The van der Waals surface area contributed by atoms with Crippen LogP contribution in [0.1, 0.15) is 117 Å². The zero-order valence-corrected chi connectivity index (χ0v) is 15.4. The average molecular weight is 315 g/mol. The molecule has 0 bridgehead atoms. The van der Waals surface area contributed by atoms with E-state index in [0.29, 0.717) is 0 Å². The third-order valence-corrected chi connectivity index (χ3v) is 4.56. The van der Waals surface area contributed by atoms with Crippen molar-refractivity contribution in [2.24, 2.45) is 0 Å². The number of aliphatic hydroxyl groups is 2. The Labute approximate surface area is 139 Å². The Morgan fingerprint density at radius 1 is 0.545 bits per heavy atom. The lowest BCUT2D eigenvalue weighted by molar-refractivity contribution is 0.114. The van der Waals surface area contributed by atoms with E-state index < -0.39 is 0 Å². The lowest BCUT2D eigenvalue weighted by atomic mass is 10.0. The Balaban J connectivity index is 3.08. The molecule has 2 N–H and O–H groups in total. The highest BCUT2D eigenvalue weighted by Gasteiger charge is 2.05. The maximum atomic E-state index is 9.76. The van der Waals surface area contributed by atoms with Gasteiger partial charge in [-0.25, -0.2) is 0 Å². The third-order valence-electron chi connectivity index (χ3n) is 4.56. The van der Waals surface area contributed by atoms with Crippen LogP contribution in [0.15, 0.2) is 0 Å². The summed E-state index contributed by atoms with van der Waals surface area (Å²) < 4.78 is 0. The maximum Gasteiger partial charge on any atom is 0.0541 e. The Hall–Kier alpha value is -0.0800. The minimum absolute atomic E-state index is 0.206. The molecule has 0 aliphatic carbocycles. The van der Waals surface area contributed by atoms with Gasteiger partial charge in [0, 0.05) is 0 Å². The van der Waals surface area contributed by atoms with Gasteiger partial charge in [0.05, 0.1) is 12.2 Å². The molecule has 0 spiro atoms. The van der Waals surface area contributed by atoms with Crippen molar-refractivity contribution < 1.29 is 10.2 Å². The van der Waals surface area contributed by atoms with Crippen molar-refractivity contribution in [2.45, 2.75) is 129 Å². The number of hydrogen-bond donors (Lipinski definition) is 2. The maximum absolute atomic E-state index is 9.76. The fraction of sp³-hybridized carbons (Fsp3) is 1.00. The second-order valence-corrected chi connectivity index (χ2v) is 7.11. The van der Waals surface area contributed by atoms with Crippen molar-refractivity contribution in [3.05, 3.63) is 0 Å². The molecular formula is C20H42O2. The Morgan fingerprint density at radius 2 is 0.955 bits per heavy atom. The van der Waals surface area contributed by atoms with E-state index in [1.165, 1.54) is 77.0 Å². The molecule has 0 aliphatic rings. The summed E-state index contributed by atoms with van der Waals surface area (Å²) in [6.45, 7) is 4.06. The third kappa shape index (κ3) is 18.0. The van der Waals surface area contributed by atoms with Gasteiger partial charge in [0.1, 0.15) is 0 Å². The molecule has 0 fully saturated rings. The first kappa shape index (κ1) is 21.9. The van der Waals surface area contributed by atoms with Gasteiger partial charge in [-0.1, -0.05) is 90.4 Å². The standard InChI is InChI=1S/C20H42O2/c1-3-4-5-6-7-8-9-10-11-12-13-14-15-16-20(22)18-17-19(2)21/h19-22H,3-18H2,1-2H3. The van der Waals surface area contributed by atoms with Crippen molar-refractivity contribution in [1.29, 1.82) is 0 Å². The first-order valence-electron chi connectivity index (χ1n) is 10.0. The van der Waals surface area contributed by atoms with Gasteiger partial charge < -0.3 is 10.2 Å². The van der Waals surface area contributed by atoms with Crippen LogP contribution in [-0.2, 0) is 0 Å². The molecule has 0 saturated heterocycles. The molecule has 2 heteroatoms. The lowest BCUT2D eigenvalue weighted by Crippen LogP contribution is -2.10. The molecule has 2 unspecified atom stereocenters. The smallest absolute Gasteiger partial charge is 0.0541 e. The van der Waals surface area contributed by atoms with E-state index in [1.807, 2.05) is 0 Å². The van der Waals surface area contributed by atoms with Crippen LogP contribution in [0.4, 0.5) is 0 Å². The summed E-state index contributed by atoms with van der Waals surface area (Å²) in [6.07, 6.45) is 19.7. The van der Waals surface area contributed by atoms with Crippen molar-refractivity contribution in [1.82, 2.24) is 0 Å². The monoisotopic (exact) mass is 314 g/mol. The fourth-order valence-electron chi connectivity index (χ4n) is 2.98. The average Bonchev–Trinajstić information content (AvgIpc) is 2.49. The fourth-order valence-corrected chi connectivity index (χ4v) is 2.98. The van der Waals surface area contributed by atoms with Gasteiger partial charge in [0.15, 0.2) is 0 Å². The molecule has 0 amide bonds. The first-order valence-corrected chi connectivity index (χ1v) is 10.0. The molecule has 0 rings (SSSR count). The molecule has 0 aromatic rings. The van der Waals surface area contributed by atoms with Gasteiger partial charge >= 0.3 is 0 Å². The summed E-state index contributed by atoms with van der Waals surface area (Å²) in [4.78, 5) is 0. The molecule has 2 atom stereocenters. The van der Waals surface area contributed by atoms with Crippen LogP contribution in [-0.4, -0.2) is 22.4 Å². The highest BCUT2D eigenvalue weighted by molar-refractivity contribution is 4.59. The molecule has 0 aromatic heterocycles. The van der Waals surface area contributed by atoms with Crippen molar-refractivity contribution >= 4 is 0 Å². The summed E-state index contributed by atoms with van der Waals surface area (Å²) >= 11 is 0. The number of hydrogen-bond acceptors (Lipinski definition) is 2. The second kappa shape index (κ2) is 17.3. The molecule has 0 saturated carbocycles. The molecule has 2 nitrogen and oxygen atoms in total. The highest BCUT2D eigenvalue weighted by Crippen LogP contribution is 2.14. The zero-order chi connectivity index (χ0) is 16.5. The first-order chi connectivity index (χ1) is 10.7. The van der Waals surface area contributed by atoms with Crippen LogP contribution in [0, 0.1) is 0 Å². The molecule has 134 valence electrons. The number of rotatable bonds is 17. The highest BCUT2D eigenvalue weighted by atomic mass is 16.3. The molecular weight excluding hydrogens is 272 g/mol. The van der Waals surface area contributed by atoms with Gasteiger partial charge in [-0.3, -0.25) is 0 Å². The van der Waals surface area contributed by atoms with E-state index in [2.05, 4.69) is 6.92 Å². The predicted octanol–water partition coefficient (Wildman–Crippen LogP) is 5.99. The lowest BCUT2D eigenvalue weighted by Gasteiger charge is -2.11. The van der Waals surface area contributed by atoms with E-state index >= 15 is 0 Å². The summed E-state index contributed by atoms with van der Waals surface area (Å²) in [5.74, 6) is 0. The molecule has 0 aromatic carbocycles. The Morgan fingerprint density at radius 3 is 1.36 bits per heavy atom. The molecule has 0 heterocycles. The second-order valence-electron chi connectivity index (χ2n) is 7.11. The summed E-state index contributed by atoms with van der Waals surface area (Å²) in [6, 6.07) is 0. The normalized spacial score (nSPS) is 14.2. The van der Waals surface area contributed by atoms with Crippen LogP contribution in [0.3, 0.4) is 0 Å². The van der Waals surface area contributed by atoms with E-state index in [0.717, 1.165) is 25.7 Å². The van der Waals surface area contributed by atoms with E-state index in [-0.39, 0.29) is 12.2 Å². The number of aliphatic hydroxyl groups excluding tert-OH is 2.